The molecule has 0 aliphatic carbocycles. The fourth-order valence-corrected chi connectivity index (χ4v) is 4.08. The van der Waals surface area contributed by atoms with Crippen molar-refractivity contribution in [1.82, 2.24) is 19.5 Å². The van der Waals surface area contributed by atoms with E-state index in [0.29, 0.717) is 29.5 Å². The third-order valence-electron chi connectivity index (χ3n) is 5.58. The monoisotopic (exact) mass is 408 g/mol. The zero-order valence-corrected chi connectivity index (χ0v) is 17.2. The zero-order valence-electron chi connectivity index (χ0n) is 17.2. The Hall–Kier alpha value is -4.18. The summed E-state index contributed by atoms with van der Waals surface area (Å²) in [5, 5.41) is 9.64. The molecule has 1 aliphatic heterocycles. The molecule has 31 heavy (non-hydrogen) atoms. The molecule has 0 fully saturated rings. The van der Waals surface area contributed by atoms with Gasteiger partial charge in [-0.3, -0.25) is 4.98 Å². The first-order valence-corrected chi connectivity index (χ1v) is 9.96. The second-order valence-electron chi connectivity index (χ2n) is 7.67. The molecule has 0 saturated carbocycles. The summed E-state index contributed by atoms with van der Waals surface area (Å²) < 4.78 is 8.24. The lowest BCUT2D eigenvalue weighted by molar-refractivity contribution is 0.228. The maximum atomic E-state index is 9.64. The molecule has 4 heterocycles. The van der Waals surface area contributed by atoms with E-state index in [2.05, 4.69) is 46.1 Å². The Morgan fingerprint density at radius 2 is 2.03 bits per heavy atom. The van der Waals surface area contributed by atoms with E-state index in [9.17, 15) is 5.26 Å². The van der Waals surface area contributed by atoms with Gasteiger partial charge < -0.3 is 15.0 Å². The second kappa shape index (κ2) is 7.26. The molecule has 7 nitrogen and oxygen atoms in total. The van der Waals surface area contributed by atoms with Crippen LogP contribution in [0, 0.1) is 18.3 Å². The molecule has 1 atom stereocenters. The zero-order chi connectivity index (χ0) is 21.5. The van der Waals surface area contributed by atoms with Gasteiger partial charge in [0.25, 0.3) is 0 Å². The van der Waals surface area contributed by atoms with Crippen molar-refractivity contribution in [3.8, 4) is 34.2 Å². The molecule has 0 amide bonds. The van der Waals surface area contributed by atoms with E-state index < -0.39 is 0 Å². The third kappa shape index (κ3) is 3.19. The number of nitrogens with two attached hydrogens (primary N) is 1. The van der Waals surface area contributed by atoms with Crippen LogP contribution in [0.15, 0.2) is 55.2 Å². The van der Waals surface area contributed by atoms with Gasteiger partial charge in [0, 0.05) is 29.7 Å². The SMILES string of the molecule is Cc1ccc2c(c1)[C@@H](C)Oc1cc(cnc1N)-c1c(C#N)ncn1Cc1cnccc1-2. The van der Waals surface area contributed by atoms with Crippen LogP contribution in [0.5, 0.6) is 5.75 Å². The average Bonchev–Trinajstić information content (AvgIpc) is 3.17. The molecule has 5 rings (SSSR count). The van der Waals surface area contributed by atoms with Crippen LogP contribution in [0.1, 0.15) is 35.4 Å². The van der Waals surface area contributed by atoms with Crippen LogP contribution in [-0.2, 0) is 6.54 Å². The van der Waals surface area contributed by atoms with E-state index in [-0.39, 0.29) is 6.10 Å². The van der Waals surface area contributed by atoms with Crippen molar-refractivity contribution in [2.45, 2.75) is 26.5 Å². The number of nitrogens with zero attached hydrogens (tertiary/aromatic N) is 5. The molecular weight excluding hydrogens is 388 g/mol. The number of imidazole rings is 1. The van der Waals surface area contributed by atoms with Gasteiger partial charge in [0.2, 0.25) is 0 Å². The van der Waals surface area contributed by atoms with Gasteiger partial charge in [0.1, 0.15) is 12.2 Å². The van der Waals surface area contributed by atoms with Crippen LogP contribution in [0.4, 0.5) is 5.82 Å². The van der Waals surface area contributed by atoms with Crippen LogP contribution in [0.25, 0.3) is 22.4 Å². The van der Waals surface area contributed by atoms with Crippen LogP contribution < -0.4 is 10.5 Å². The Balaban J connectivity index is 1.83. The van der Waals surface area contributed by atoms with Gasteiger partial charge in [-0.2, -0.15) is 5.26 Å². The Bertz CT molecular complexity index is 1350. The summed E-state index contributed by atoms with van der Waals surface area (Å²) in [5.41, 5.74) is 13.2. The smallest absolute Gasteiger partial charge is 0.166 e. The molecule has 1 aliphatic rings. The number of fused-ring (bicyclic) bond motifs is 7. The minimum atomic E-state index is -0.268. The van der Waals surface area contributed by atoms with Crippen LogP contribution >= 0.6 is 0 Å². The molecule has 0 radical (unpaired) electrons. The molecule has 0 unspecified atom stereocenters. The normalized spacial score (nSPS) is 14.7. The molecule has 7 heteroatoms. The first-order chi connectivity index (χ1) is 15.0. The first-order valence-electron chi connectivity index (χ1n) is 9.96. The summed E-state index contributed by atoms with van der Waals surface area (Å²) in [6.07, 6.45) is 6.70. The number of anilines is 1. The number of hydrogen-bond donors (Lipinski definition) is 1. The fraction of sp³-hybridized carbons (Fsp3) is 0.167. The summed E-state index contributed by atoms with van der Waals surface area (Å²) in [4.78, 5) is 13.0. The number of rotatable bonds is 0. The number of pyridine rings is 2. The molecule has 2 bridgehead atoms. The molecule has 152 valence electrons. The third-order valence-corrected chi connectivity index (χ3v) is 5.58. The Morgan fingerprint density at radius 3 is 2.87 bits per heavy atom. The average molecular weight is 408 g/mol. The molecule has 4 aromatic rings. The molecule has 1 aromatic carbocycles. The highest BCUT2D eigenvalue weighted by Crippen LogP contribution is 2.37. The highest BCUT2D eigenvalue weighted by molar-refractivity contribution is 5.73. The van der Waals surface area contributed by atoms with E-state index in [1.165, 1.54) is 0 Å². The van der Waals surface area contributed by atoms with Crippen molar-refractivity contribution >= 4 is 5.82 Å². The Morgan fingerprint density at radius 1 is 1.16 bits per heavy atom. The molecule has 3 aromatic heterocycles. The molecule has 2 N–H and O–H groups in total. The maximum Gasteiger partial charge on any atom is 0.166 e. The second-order valence-corrected chi connectivity index (χ2v) is 7.67. The van der Waals surface area contributed by atoms with Gasteiger partial charge in [0.05, 0.1) is 18.6 Å². The van der Waals surface area contributed by atoms with E-state index in [1.807, 2.05) is 29.8 Å². The highest BCUT2D eigenvalue weighted by Gasteiger charge is 2.22. The van der Waals surface area contributed by atoms with Crippen molar-refractivity contribution < 1.29 is 4.74 Å². The number of aromatic nitrogens is 4. The molecule has 0 spiro atoms. The fourth-order valence-electron chi connectivity index (χ4n) is 4.08. The highest BCUT2D eigenvalue weighted by atomic mass is 16.5. The lowest BCUT2D eigenvalue weighted by Gasteiger charge is -2.23. The summed E-state index contributed by atoms with van der Waals surface area (Å²) in [5.74, 6) is 0.778. The lowest BCUT2D eigenvalue weighted by atomic mass is 9.92. The summed E-state index contributed by atoms with van der Waals surface area (Å²) in [7, 11) is 0. The number of benzene rings is 1. The predicted molar refractivity (Wildman–Crippen MR) is 117 cm³/mol. The van der Waals surface area contributed by atoms with Crippen LogP contribution in [-0.4, -0.2) is 19.5 Å². The van der Waals surface area contributed by atoms with Gasteiger partial charge in [-0.15, -0.1) is 0 Å². The first kappa shape index (κ1) is 18.8. The topological polar surface area (TPSA) is 103 Å². The molecular formula is C24H20N6O. The number of nitrogen functional groups attached to an aromatic ring is 1. The molecule has 0 saturated heterocycles. The van der Waals surface area contributed by atoms with Crippen molar-refractivity contribution in [3.05, 3.63) is 77.6 Å². The Kier molecular flexibility index (Phi) is 4.41. The Labute approximate surface area is 179 Å². The van der Waals surface area contributed by atoms with E-state index in [1.54, 1.807) is 18.7 Å². The van der Waals surface area contributed by atoms with Gasteiger partial charge >= 0.3 is 0 Å². The van der Waals surface area contributed by atoms with Crippen LogP contribution in [0.2, 0.25) is 0 Å². The van der Waals surface area contributed by atoms with E-state index >= 15 is 0 Å². The summed E-state index contributed by atoms with van der Waals surface area (Å²) in [6.45, 7) is 4.58. The minimum absolute atomic E-state index is 0.268. The van der Waals surface area contributed by atoms with Gasteiger partial charge in [-0.25, -0.2) is 9.97 Å². The lowest BCUT2D eigenvalue weighted by Crippen LogP contribution is -2.11. The van der Waals surface area contributed by atoms with Gasteiger partial charge in [-0.05, 0) is 42.7 Å². The van der Waals surface area contributed by atoms with E-state index in [4.69, 9.17) is 10.5 Å². The number of aryl methyl sites for hydroxylation is 1. The largest absolute Gasteiger partial charge is 0.482 e. The minimum Gasteiger partial charge on any atom is -0.482 e. The van der Waals surface area contributed by atoms with Gasteiger partial charge in [0.15, 0.2) is 17.3 Å². The number of nitriles is 1. The van der Waals surface area contributed by atoms with Gasteiger partial charge in [-0.1, -0.05) is 23.8 Å². The summed E-state index contributed by atoms with van der Waals surface area (Å²) >= 11 is 0. The standard InChI is InChI=1S/C24H20N6O/c1-14-3-4-19-18-5-6-27-10-17(18)12-30-13-29-21(9-25)23(30)16-8-22(24(26)28-11-16)31-15(2)20(19)7-14/h3-8,10-11,13,15H,12H2,1-2H3,(H2,26,28)/t15-/m1/s1. The van der Waals surface area contributed by atoms with Crippen molar-refractivity contribution in [3.63, 3.8) is 0 Å². The predicted octanol–water partition coefficient (Wildman–Crippen LogP) is 4.27. The van der Waals surface area contributed by atoms with Crippen LogP contribution in [0.3, 0.4) is 0 Å². The van der Waals surface area contributed by atoms with Crippen molar-refractivity contribution in [2.24, 2.45) is 0 Å². The number of ether oxygens (including phenoxy) is 1. The van der Waals surface area contributed by atoms with Crippen molar-refractivity contribution in [1.29, 1.82) is 5.26 Å². The maximum absolute atomic E-state index is 9.64. The number of hydrogen-bond acceptors (Lipinski definition) is 6. The van der Waals surface area contributed by atoms with E-state index in [0.717, 1.165) is 33.4 Å². The van der Waals surface area contributed by atoms with Crippen molar-refractivity contribution in [2.75, 3.05) is 5.73 Å². The summed E-state index contributed by atoms with van der Waals surface area (Å²) in [6, 6.07) is 12.4. The quantitative estimate of drug-likeness (QED) is 0.466.